The predicted octanol–water partition coefficient (Wildman–Crippen LogP) is 2.91. The second kappa shape index (κ2) is 2.88. The van der Waals surface area contributed by atoms with Crippen LogP contribution in [0.3, 0.4) is 0 Å². The number of epoxide rings is 1. The van der Waals surface area contributed by atoms with Crippen molar-refractivity contribution in [3.63, 3.8) is 0 Å². The van der Waals surface area contributed by atoms with Crippen LogP contribution in [0.5, 0.6) is 0 Å². The summed E-state index contributed by atoms with van der Waals surface area (Å²) >= 11 is 0. The molecular weight excluding hydrogens is 148 g/mol. The molecule has 1 nitrogen and oxygen atoms in total. The maximum absolute atomic E-state index is 5.63. The average molecular weight is 166 g/mol. The summed E-state index contributed by atoms with van der Waals surface area (Å²) in [6, 6.07) is 0. The Kier molecular flexibility index (Phi) is 1.99. The molecule has 0 bridgehead atoms. The van der Waals surface area contributed by atoms with E-state index < -0.39 is 0 Å². The molecule has 68 valence electrons. The Bertz CT molecular complexity index is 201. The van der Waals surface area contributed by atoms with Crippen molar-refractivity contribution in [2.75, 3.05) is 6.61 Å². The SMILES string of the molecule is C/C=C(\C)[C@H]1CCCCC12CO2. The lowest BCUT2D eigenvalue weighted by Gasteiger charge is -2.29. The van der Waals surface area contributed by atoms with Gasteiger partial charge in [0.05, 0.1) is 12.2 Å². The van der Waals surface area contributed by atoms with Gasteiger partial charge in [0.1, 0.15) is 0 Å². The second-order valence-electron chi connectivity index (χ2n) is 4.18. The molecule has 1 heteroatoms. The van der Waals surface area contributed by atoms with Gasteiger partial charge in [0.15, 0.2) is 0 Å². The molecule has 1 spiro atoms. The van der Waals surface area contributed by atoms with E-state index in [1.807, 2.05) is 0 Å². The van der Waals surface area contributed by atoms with Gasteiger partial charge in [-0.05, 0) is 26.7 Å². The van der Waals surface area contributed by atoms with Gasteiger partial charge in [-0.1, -0.05) is 24.5 Å². The molecule has 2 aliphatic rings. The summed E-state index contributed by atoms with van der Waals surface area (Å²) in [5.74, 6) is 0.733. The van der Waals surface area contributed by atoms with Gasteiger partial charge in [0, 0.05) is 5.92 Å². The number of ether oxygens (including phenoxy) is 1. The third-order valence-corrected chi connectivity index (χ3v) is 3.50. The van der Waals surface area contributed by atoms with E-state index in [0.717, 1.165) is 12.5 Å². The van der Waals surface area contributed by atoms with Crippen LogP contribution in [-0.2, 0) is 4.74 Å². The first-order valence-electron chi connectivity index (χ1n) is 5.05. The molecule has 2 atom stereocenters. The van der Waals surface area contributed by atoms with Crippen molar-refractivity contribution in [1.29, 1.82) is 0 Å². The van der Waals surface area contributed by atoms with Crippen LogP contribution >= 0.6 is 0 Å². The Morgan fingerprint density at radius 1 is 1.50 bits per heavy atom. The van der Waals surface area contributed by atoms with E-state index in [2.05, 4.69) is 19.9 Å². The van der Waals surface area contributed by atoms with E-state index in [9.17, 15) is 0 Å². The molecule has 2 fully saturated rings. The third-order valence-electron chi connectivity index (χ3n) is 3.50. The molecule has 1 aliphatic carbocycles. The lowest BCUT2D eigenvalue weighted by Crippen LogP contribution is -2.29. The van der Waals surface area contributed by atoms with E-state index in [-0.39, 0.29) is 0 Å². The molecule has 0 amide bonds. The highest BCUT2D eigenvalue weighted by atomic mass is 16.6. The van der Waals surface area contributed by atoms with Gasteiger partial charge in [-0.3, -0.25) is 0 Å². The number of hydrogen-bond donors (Lipinski definition) is 0. The Balaban J connectivity index is 2.11. The van der Waals surface area contributed by atoms with Crippen molar-refractivity contribution < 1.29 is 4.74 Å². The standard InChI is InChI=1S/C11H18O/c1-3-9(2)10-6-4-5-7-11(10)8-12-11/h3,10H,4-8H2,1-2H3/b9-3+/t10-,11?/m1/s1. The zero-order valence-electron chi connectivity index (χ0n) is 8.10. The smallest absolute Gasteiger partial charge is 0.0981 e. The maximum atomic E-state index is 5.63. The van der Waals surface area contributed by atoms with Crippen molar-refractivity contribution in [1.82, 2.24) is 0 Å². The summed E-state index contributed by atoms with van der Waals surface area (Å²) in [7, 11) is 0. The Morgan fingerprint density at radius 3 is 2.83 bits per heavy atom. The normalized spacial score (nSPS) is 41.8. The largest absolute Gasteiger partial charge is 0.369 e. The molecule has 12 heavy (non-hydrogen) atoms. The molecule has 1 saturated heterocycles. The molecule has 0 radical (unpaired) electrons. The lowest BCUT2D eigenvalue weighted by atomic mass is 9.75. The van der Waals surface area contributed by atoms with E-state index in [0.29, 0.717) is 5.60 Å². The first kappa shape index (κ1) is 8.31. The van der Waals surface area contributed by atoms with Crippen molar-refractivity contribution in [2.24, 2.45) is 5.92 Å². The molecular formula is C11H18O. The van der Waals surface area contributed by atoms with Crippen molar-refractivity contribution in [3.05, 3.63) is 11.6 Å². The van der Waals surface area contributed by atoms with Crippen LogP contribution in [0.2, 0.25) is 0 Å². The summed E-state index contributed by atoms with van der Waals surface area (Å²) in [4.78, 5) is 0. The van der Waals surface area contributed by atoms with Crippen molar-refractivity contribution in [3.8, 4) is 0 Å². The fourth-order valence-corrected chi connectivity index (χ4v) is 2.49. The van der Waals surface area contributed by atoms with Crippen molar-refractivity contribution >= 4 is 0 Å². The van der Waals surface area contributed by atoms with E-state index in [1.54, 1.807) is 0 Å². The van der Waals surface area contributed by atoms with Gasteiger partial charge >= 0.3 is 0 Å². The van der Waals surface area contributed by atoms with Crippen LogP contribution in [0.1, 0.15) is 39.5 Å². The van der Waals surface area contributed by atoms with Gasteiger partial charge in [-0.15, -0.1) is 0 Å². The first-order chi connectivity index (χ1) is 5.78. The molecule has 1 saturated carbocycles. The van der Waals surface area contributed by atoms with Gasteiger partial charge in [-0.2, -0.15) is 0 Å². The second-order valence-corrected chi connectivity index (χ2v) is 4.18. The Hall–Kier alpha value is -0.300. The molecule has 1 heterocycles. The summed E-state index contributed by atoms with van der Waals surface area (Å²) < 4.78 is 5.63. The maximum Gasteiger partial charge on any atom is 0.0981 e. The zero-order chi connectivity index (χ0) is 8.60. The number of hydrogen-bond acceptors (Lipinski definition) is 1. The van der Waals surface area contributed by atoms with Gasteiger partial charge in [0.2, 0.25) is 0 Å². The Morgan fingerprint density at radius 2 is 2.25 bits per heavy atom. The van der Waals surface area contributed by atoms with Gasteiger partial charge in [0.25, 0.3) is 0 Å². The summed E-state index contributed by atoms with van der Waals surface area (Å²) in [5.41, 5.74) is 1.83. The van der Waals surface area contributed by atoms with E-state index in [4.69, 9.17) is 4.74 Å². The van der Waals surface area contributed by atoms with Gasteiger partial charge in [-0.25, -0.2) is 0 Å². The zero-order valence-corrected chi connectivity index (χ0v) is 8.10. The number of allylic oxidation sites excluding steroid dienone is 1. The quantitative estimate of drug-likeness (QED) is 0.431. The average Bonchev–Trinajstić information content (AvgIpc) is 2.85. The number of rotatable bonds is 1. The fraction of sp³-hybridized carbons (Fsp3) is 0.818. The third kappa shape index (κ3) is 1.20. The fourth-order valence-electron chi connectivity index (χ4n) is 2.49. The Labute approximate surface area is 74.8 Å². The highest BCUT2D eigenvalue weighted by Gasteiger charge is 2.52. The minimum atomic E-state index is 0.300. The molecule has 0 aromatic carbocycles. The van der Waals surface area contributed by atoms with Crippen LogP contribution in [0.25, 0.3) is 0 Å². The molecule has 0 aromatic rings. The first-order valence-corrected chi connectivity index (χ1v) is 5.05. The molecule has 0 N–H and O–H groups in total. The molecule has 2 rings (SSSR count). The molecule has 0 aromatic heterocycles. The minimum absolute atomic E-state index is 0.300. The summed E-state index contributed by atoms with van der Waals surface area (Å²) in [6.07, 6.45) is 7.65. The van der Waals surface area contributed by atoms with E-state index in [1.165, 1.54) is 31.3 Å². The van der Waals surface area contributed by atoms with Crippen molar-refractivity contribution in [2.45, 2.75) is 45.1 Å². The monoisotopic (exact) mass is 166 g/mol. The predicted molar refractivity (Wildman–Crippen MR) is 50.1 cm³/mol. The van der Waals surface area contributed by atoms with Crippen LogP contribution < -0.4 is 0 Å². The summed E-state index contributed by atoms with van der Waals surface area (Å²) in [5, 5.41) is 0. The van der Waals surface area contributed by atoms with E-state index >= 15 is 0 Å². The van der Waals surface area contributed by atoms with Crippen LogP contribution in [0.4, 0.5) is 0 Å². The molecule has 1 aliphatic heterocycles. The van der Waals surface area contributed by atoms with Crippen LogP contribution in [0.15, 0.2) is 11.6 Å². The van der Waals surface area contributed by atoms with Crippen LogP contribution in [0, 0.1) is 5.92 Å². The lowest BCUT2D eigenvalue weighted by molar-refractivity contribution is 0.182. The molecule has 1 unspecified atom stereocenters. The topological polar surface area (TPSA) is 12.5 Å². The highest BCUT2D eigenvalue weighted by Crippen LogP contribution is 2.48. The minimum Gasteiger partial charge on any atom is -0.369 e. The van der Waals surface area contributed by atoms with Gasteiger partial charge < -0.3 is 4.74 Å². The highest BCUT2D eigenvalue weighted by molar-refractivity contribution is 5.15. The summed E-state index contributed by atoms with van der Waals surface area (Å²) in [6.45, 7) is 5.41. The van der Waals surface area contributed by atoms with Crippen LogP contribution in [-0.4, -0.2) is 12.2 Å².